The molecule has 11 aromatic rings. The monoisotopic (exact) mass is 610 g/mol. The number of nitrogens with zero attached hydrogens (tertiary/aromatic N) is 6. The third kappa shape index (κ3) is 3.17. The lowest BCUT2D eigenvalue weighted by atomic mass is 10.00. The molecule has 5 aromatic heterocycles. The largest absolute Gasteiger partial charge is 0.308 e. The molecule has 0 amide bonds. The summed E-state index contributed by atoms with van der Waals surface area (Å²) >= 11 is 0. The van der Waals surface area contributed by atoms with E-state index in [2.05, 4.69) is 106 Å². The van der Waals surface area contributed by atoms with E-state index < -0.39 is 0 Å². The Hall–Kier alpha value is -6.84. The summed E-state index contributed by atoms with van der Waals surface area (Å²) in [5.41, 5.74) is 8.57. The zero-order chi connectivity index (χ0) is 31.5. The van der Waals surface area contributed by atoms with E-state index in [0.717, 1.165) is 38.4 Å². The summed E-state index contributed by atoms with van der Waals surface area (Å²) < 4.78 is 4.67. The van der Waals surface area contributed by atoms with Gasteiger partial charge in [0.15, 0.2) is 5.65 Å². The SMILES string of the molecule is N#Cc1ccc(-c2nc(-n3c4ccccc4c4cc5c6ccccc6n6c7ccc8ccccc8c7c(c43)c56)nc3ncccc23)cc1. The lowest BCUT2D eigenvalue weighted by Crippen LogP contribution is -2.04. The highest BCUT2D eigenvalue weighted by atomic mass is 15.2. The maximum atomic E-state index is 9.46. The lowest BCUT2D eigenvalue weighted by molar-refractivity contribution is 1.01. The molecule has 0 aliphatic rings. The van der Waals surface area contributed by atoms with Crippen LogP contribution in [0.2, 0.25) is 0 Å². The average molecular weight is 611 g/mol. The molecule has 0 N–H and O–H groups in total. The van der Waals surface area contributed by atoms with Crippen LogP contribution in [0.3, 0.4) is 0 Å². The Kier molecular flexibility index (Phi) is 4.82. The normalized spacial score (nSPS) is 12.1. The highest BCUT2D eigenvalue weighted by Gasteiger charge is 2.26. The van der Waals surface area contributed by atoms with Crippen LogP contribution in [-0.4, -0.2) is 23.9 Å². The predicted molar refractivity (Wildman–Crippen MR) is 194 cm³/mol. The van der Waals surface area contributed by atoms with Gasteiger partial charge in [0.1, 0.15) is 0 Å². The average Bonchev–Trinajstić information content (AvgIpc) is 3.79. The first-order chi connectivity index (χ1) is 23.8. The van der Waals surface area contributed by atoms with E-state index in [0.29, 0.717) is 17.2 Å². The van der Waals surface area contributed by atoms with E-state index >= 15 is 0 Å². The van der Waals surface area contributed by atoms with Gasteiger partial charge in [0, 0.05) is 49.5 Å². The van der Waals surface area contributed by atoms with Crippen molar-refractivity contribution in [1.29, 1.82) is 5.26 Å². The highest BCUT2D eigenvalue weighted by Crippen LogP contribution is 2.47. The second kappa shape index (κ2) is 9.12. The van der Waals surface area contributed by atoms with Crippen LogP contribution in [0, 0.1) is 11.3 Å². The molecule has 6 nitrogen and oxygen atoms in total. The van der Waals surface area contributed by atoms with Crippen molar-refractivity contribution in [2.24, 2.45) is 0 Å². The van der Waals surface area contributed by atoms with Gasteiger partial charge in [0.05, 0.1) is 44.9 Å². The Bertz CT molecular complexity index is 3180. The van der Waals surface area contributed by atoms with Crippen molar-refractivity contribution in [2.45, 2.75) is 0 Å². The van der Waals surface area contributed by atoms with Crippen LogP contribution >= 0.6 is 0 Å². The van der Waals surface area contributed by atoms with Gasteiger partial charge in [0.25, 0.3) is 0 Å². The standard InChI is InChI=1S/C42H22N6/c43-23-24-15-17-26(18-16-24)38-30-12-7-21-44-41(30)46-42(45-38)48-34-14-6-4-11-29(34)32-22-31-28-10-3-5-13-33(28)47-35-20-19-25-8-1-2-9-27(25)36(35)37(39(31)47)40(32)48/h1-22H. The van der Waals surface area contributed by atoms with Crippen molar-refractivity contribution < 1.29 is 0 Å². The first-order valence-corrected chi connectivity index (χ1v) is 15.9. The van der Waals surface area contributed by atoms with Crippen molar-refractivity contribution in [3.63, 3.8) is 0 Å². The summed E-state index contributed by atoms with van der Waals surface area (Å²) in [6.07, 6.45) is 1.78. The van der Waals surface area contributed by atoms with Gasteiger partial charge in [-0.1, -0.05) is 78.9 Å². The topological polar surface area (TPSA) is 71.8 Å². The molecule has 0 aliphatic heterocycles. The van der Waals surface area contributed by atoms with Gasteiger partial charge in [-0.05, 0) is 59.3 Å². The van der Waals surface area contributed by atoms with Crippen LogP contribution < -0.4 is 0 Å². The van der Waals surface area contributed by atoms with Gasteiger partial charge in [-0.15, -0.1) is 0 Å². The van der Waals surface area contributed by atoms with Gasteiger partial charge >= 0.3 is 0 Å². The van der Waals surface area contributed by atoms with Gasteiger partial charge < -0.3 is 4.40 Å². The van der Waals surface area contributed by atoms with Crippen LogP contribution in [0.1, 0.15) is 5.56 Å². The van der Waals surface area contributed by atoms with Crippen LogP contribution in [0.5, 0.6) is 0 Å². The van der Waals surface area contributed by atoms with Crippen molar-refractivity contribution in [2.75, 3.05) is 0 Å². The predicted octanol–water partition coefficient (Wildman–Crippen LogP) is 9.96. The summed E-state index contributed by atoms with van der Waals surface area (Å²) in [7, 11) is 0. The zero-order valence-corrected chi connectivity index (χ0v) is 25.4. The molecule has 5 heterocycles. The number of aromatic nitrogens is 5. The van der Waals surface area contributed by atoms with Crippen LogP contribution in [0.15, 0.2) is 134 Å². The number of nitriles is 1. The van der Waals surface area contributed by atoms with Crippen molar-refractivity contribution >= 4 is 81.7 Å². The summed E-state index contributed by atoms with van der Waals surface area (Å²) in [5, 5.41) is 19.9. The van der Waals surface area contributed by atoms with E-state index in [1.165, 1.54) is 48.9 Å². The molecule has 0 bridgehead atoms. The fourth-order valence-electron chi connectivity index (χ4n) is 7.95. The quantitative estimate of drug-likeness (QED) is 0.195. The molecule has 11 rings (SSSR count). The van der Waals surface area contributed by atoms with Gasteiger partial charge in [-0.2, -0.15) is 10.2 Å². The molecule has 0 unspecified atom stereocenters. The molecule has 6 heteroatoms. The lowest BCUT2D eigenvalue weighted by Gasteiger charge is -2.12. The molecular formula is C42H22N6. The fourth-order valence-corrected chi connectivity index (χ4v) is 7.95. The summed E-state index contributed by atoms with van der Waals surface area (Å²) in [6.45, 7) is 0. The summed E-state index contributed by atoms with van der Waals surface area (Å²) in [6, 6.07) is 46.5. The first-order valence-electron chi connectivity index (χ1n) is 15.9. The smallest absolute Gasteiger partial charge is 0.237 e. The van der Waals surface area contributed by atoms with E-state index in [1.807, 2.05) is 36.4 Å². The Labute approximate surface area is 272 Å². The molecule has 0 atom stereocenters. The van der Waals surface area contributed by atoms with Crippen LogP contribution in [-0.2, 0) is 0 Å². The van der Waals surface area contributed by atoms with Gasteiger partial charge in [-0.3, -0.25) is 4.57 Å². The molecular weight excluding hydrogens is 589 g/mol. The highest BCUT2D eigenvalue weighted by molar-refractivity contribution is 6.37. The van der Waals surface area contributed by atoms with Gasteiger partial charge in [0.2, 0.25) is 5.95 Å². The van der Waals surface area contributed by atoms with E-state index in [-0.39, 0.29) is 0 Å². The number of fused-ring (bicyclic) bond motifs is 13. The Balaban J connectivity index is 1.39. The molecule has 0 saturated heterocycles. The number of benzene rings is 6. The van der Waals surface area contributed by atoms with E-state index in [9.17, 15) is 5.26 Å². The van der Waals surface area contributed by atoms with E-state index in [1.54, 1.807) is 6.20 Å². The first kappa shape index (κ1) is 25.4. The third-order valence-electron chi connectivity index (χ3n) is 9.93. The molecule has 0 fully saturated rings. The Morgan fingerprint density at radius 2 is 1.25 bits per heavy atom. The second-order valence-corrected chi connectivity index (χ2v) is 12.4. The molecule has 48 heavy (non-hydrogen) atoms. The second-order valence-electron chi connectivity index (χ2n) is 12.4. The molecule has 0 saturated carbocycles. The van der Waals surface area contributed by atoms with Crippen LogP contribution in [0.4, 0.5) is 0 Å². The summed E-state index contributed by atoms with van der Waals surface area (Å²) in [5.74, 6) is 0.554. The van der Waals surface area contributed by atoms with Crippen molar-refractivity contribution in [1.82, 2.24) is 23.9 Å². The Morgan fingerprint density at radius 3 is 2.08 bits per heavy atom. The Morgan fingerprint density at radius 1 is 0.542 bits per heavy atom. The van der Waals surface area contributed by atoms with Crippen LogP contribution in [0.25, 0.3) is 98.9 Å². The molecule has 0 spiro atoms. The molecule has 0 radical (unpaired) electrons. The number of hydrogen-bond donors (Lipinski definition) is 0. The maximum Gasteiger partial charge on any atom is 0.237 e. The summed E-state index contributed by atoms with van der Waals surface area (Å²) in [4.78, 5) is 15.2. The van der Waals surface area contributed by atoms with E-state index in [4.69, 9.17) is 15.0 Å². The zero-order valence-electron chi connectivity index (χ0n) is 25.4. The minimum atomic E-state index is 0.554. The van der Waals surface area contributed by atoms with Gasteiger partial charge in [-0.25, -0.2) is 9.97 Å². The fraction of sp³-hybridized carbons (Fsp3) is 0. The number of pyridine rings is 1. The molecule has 0 aliphatic carbocycles. The molecule has 6 aromatic carbocycles. The van der Waals surface area contributed by atoms with Crippen molar-refractivity contribution in [3.05, 3.63) is 139 Å². The minimum Gasteiger partial charge on any atom is -0.308 e. The third-order valence-corrected chi connectivity index (χ3v) is 9.93. The van der Waals surface area contributed by atoms with Crippen molar-refractivity contribution in [3.8, 4) is 23.3 Å². The number of para-hydroxylation sites is 2. The number of rotatable bonds is 2. The molecule has 220 valence electrons. The number of hydrogen-bond acceptors (Lipinski definition) is 4. The maximum absolute atomic E-state index is 9.46. The minimum absolute atomic E-state index is 0.554.